The van der Waals surface area contributed by atoms with Crippen molar-refractivity contribution in [3.8, 4) is 0 Å². The lowest BCUT2D eigenvalue weighted by Gasteiger charge is -2.30. The predicted molar refractivity (Wildman–Crippen MR) is 74.6 cm³/mol. The van der Waals surface area contributed by atoms with Gasteiger partial charge in [-0.1, -0.05) is 5.16 Å². The van der Waals surface area contributed by atoms with E-state index in [1.165, 1.54) is 5.56 Å². The molecule has 2 bridgehead atoms. The molecule has 20 heavy (non-hydrogen) atoms. The molecule has 5 heteroatoms. The zero-order valence-corrected chi connectivity index (χ0v) is 12.6. The van der Waals surface area contributed by atoms with Crippen LogP contribution in [0.15, 0.2) is 4.52 Å². The van der Waals surface area contributed by atoms with Gasteiger partial charge in [-0.2, -0.15) is 0 Å². The SMILES string of the molecule is CCO[C@H]1[C@H]2CC[C@H]1OCCN2Cc1c(C)noc1C. The first-order chi connectivity index (χ1) is 9.70. The molecule has 1 aliphatic heterocycles. The Bertz CT molecular complexity index is 440. The van der Waals surface area contributed by atoms with Crippen molar-refractivity contribution in [1.29, 1.82) is 0 Å². The van der Waals surface area contributed by atoms with Crippen LogP contribution in [0.5, 0.6) is 0 Å². The summed E-state index contributed by atoms with van der Waals surface area (Å²) in [5.74, 6) is 0.926. The van der Waals surface area contributed by atoms with Gasteiger partial charge < -0.3 is 14.0 Å². The van der Waals surface area contributed by atoms with Crippen LogP contribution in [0.3, 0.4) is 0 Å². The van der Waals surface area contributed by atoms with Crippen molar-refractivity contribution < 1.29 is 14.0 Å². The highest BCUT2D eigenvalue weighted by atomic mass is 16.5. The summed E-state index contributed by atoms with van der Waals surface area (Å²) in [6.45, 7) is 9.43. The Balaban J connectivity index is 1.78. The largest absolute Gasteiger partial charge is 0.374 e. The molecule has 3 rings (SSSR count). The van der Waals surface area contributed by atoms with Gasteiger partial charge in [-0.25, -0.2) is 0 Å². The number of aromatic nitrogens is 1. The number of rotatable bonds is 4. The molecule has 0 unspecified atom stereocenters. The normalized spacial score (nSPS) is 30.6. The molecule has 5 nitrogen and oxygen atoms in total. The number of hydrogen-bond donors (Lipinski definition) is 0. The first kappa shape index (κ1) is 14.0. The van der Waals surface area contributed by atoms with Crippen LogP contribution in [0.25, 0.3) is 0 Å². The lowest BCUT2D eigenvalue weighted by Crippen LogP contribution is -2.43. The fourth-order valence-corrected chi connectivity index (χ4v) is 3.50. The molecular weight excluding hydrogens is 256 g/mol. The van der Waals surface area contributed by atoms with E-state index in [4.69, 9.17) is 14.0 Å². The second-order valence-electron chi connectivity index (χ2n) is 5.75. The Morgan fingerprint density at radius 2 is 2.20 bits per heavy atom. The van der Waals surface area contributed by atoms with Crippen molar-refractivity contribution in [3.05, 3.63) is 17.0 Å². The van der Waals surface area contributed by atoms with E-state index in [1.807, 2.05) is 13.8 Å². The summed E-state index contributed by atoms with van der Waals surface area (Å²) in [6, 6.07) is 0.455. The molecule has 0 N–H and O–H groups in total. The highest BCUT2D eigenvalue weighted by molar-refractivity contribution is 5.21. The van der Waals surface area contributed by atoms with Crippen LogP contribution in [0.2, 0.25) is 0 Å². The first-order valence-electron chi connectivity index (χ1n) is 7.59. The van der Waals surface area contributed by atoms with Gasteiger partial charge in [-0.3, -0.25) is 4.90 Å². The number of hydrogen-bond acceptors (Lipinski definition) is 5. The van der Waals surface area contributed by atoms with Gasteiger partial charge in [0, 0.05) is 31.3 Å². The summed E-state index contributed by atoms with van der Waals surface area (Å²) in [5, 5.41) is 4.06. The van der Waals surface area contributed by atoms with Gasteiger partial charge in [0.05, 0.1) is 24.5 Å². The molecule has 0 spiro atoms. The van der Waals surface area contributed by atoms with Crippen LogP contribution in [0.1, 0.15) is 36.8 Å². The molecule has 1 saturated heterocycles. The van der Waals surface area contributed by atoms with E-state index >= 15 is 0 Å². The van der Waals surface area contributed by atoms with Gasteiger partial charge >= 0.3 is 0 Å². The van der Waals surface area contributed by atoms with E-state index in [1.54, 1.807) is 0 Å². The van der Waals surface area contributed by atoms with Crippen molar-refractivity contribution in [2.75, 3.05) is 19.8 Å². The fourth-order valence-electron chi connectivity index (χ4n) is 3.50. The molecule has 0 radical (unpaired) electrons. The Morgan fingerprint density at radius 3 is 2.90 bits per heavy atom. The average molecular weight is 280 g/mol. The maximum atomic E-state index is 5.96. The van der Waals surface area contributed by atoms with Crippen molar-refractivity contribution >= 4 is 0 Å². The van der Waals surface area contributed by atoms with E-state index in [0.717, 1.165) is 50.6 Å². The highest BCUT2D eigenvalue weighted by Crippen LogP contribution is 2.33. The van der Waals surface area contributed by atoms with Crippen LogP contribution < -0.4 is 0 Å². The molecule has 2 aliphatic rings. The third-order valence-corrected chi connectivity index (χ3v) is 4.57. The van der Waals surface area contributed by atoms with E-state index in [9.17, 15) is 0 Å². The van der Waals surface area contributed by atoms with E-state index < -0.39 is 0 Å². The molecule has 2 heterocycles. The van der Waals surface area contributed by atoms with Gasteiger partial charge in [-0.15, -0.1) is 0 Å². The first-order valence-corrected chi connectivity index (χ1v) is 7.59. The number of ether oxygens (including phenoxy) is 2. The molecule has 1 saturated carbocycles. The fraction of sp³-hybridized carbons (Fsp3) is 0.800. The van der Waals surface area contributed by atoms with Crippen LogP contribution in [-0.2, 0) is 16.0 Å². The van der Waals surface area contributed by atoms with E-state index in [0.29, 0.717) is 6.04 Å². The molecule has 1 aliphatic carbocycles. The van der Waals surface area contributed by atoms with Crippen LogP contribution in [-0.4, -0.2) is 48.1 Å². The molecule has 1 aromatic heterocycles. The van der Waals surface area contributed by atoms with Crippen LogP contribution in [0.4, 0.5) is 0 Å². The summed E-state index contributed by atoms with van der Waals surface area (Å²) >= 11 is 0. The van der Waals surface area contributed by atoms with E-state index in [-0.39, 0.29) is 12.2 Å². The molecule has 1 aromatic rings. The van der Waals surface area contributed by atoms with Gasteiger partial charge in [0.2, 0.25) is 0 Å². The van der Waals surface area contributed by atoms with Crippen molar-refractivity contribution in [2.45, 2.75) is 58.4 Å². The highest BCUT2D eigenvalue weighted by Gasteiger charge is 2.43. The Morgan fingerprint density at radius 1 is 1.35 bits per heavy atom. The zero-order valence-electron chi connectivity index (χ0n) is 12.6. The quantitative estimate of drug-likeness (QED) is 0.845. The second kappa shape index (κ2) is 5.84. The molecule has 0 aromatic carbocycles. The summed E-state index contributed by atoms with van der Waals surface area (Å²) in [6.07, 6.45) is 2.74. The smallest absolute Gasteiger partial charge is 0.138 e. The average Bonchev–Trinajstić information content (AvgIpc) is 2.88. The van der Waals surface area contributed by atoms with Gasteiger partial charge in [0.1, 0.15) is 5.76 Å². The third kappa shape index (κ3) is 2.50. The zero-order chi connectivity index (χ0) is 14.1. The topological polar surface area (TPSA) is 47.7 Å². The molecule has 112 valence electrons. The number of aryl methyl sites for hydroxylation is 2. The van der Waals surface area contributed by atoms with Crippen molar-refractivity contribution in [2.24, 2.45) is 0 Å². The minimum atomic E-state index is 0.211. The lowest BCUT2D eigenvalue weighted by atomic mass is 10.1. The Hall–Kier alpha value is -0.910. The third-order valence-electron chi connectivity index (χ3n) is 4.57. The number of nitrogens with zero attached hydrogens (tertiary/aromatic N) is 2. The molecular formula is C15H24N2O3. The minimum Gasteiger partial charge on any atom is -0.374 e. The van der Waals surface area contributed by atoms with Crippen LogP contribution in [0, 0.1) is 13.8 Å². The maximum Gasteiger partial charge on any atom is 0.138 e. The number of fused-ring (bicyclic) bond motifs is 2. The summed E-state index contributed by atoms with van der Waals surface area (Å²) in [7, 11) is 0. The Kier molecular flexibility index (Phi) is 4.10. The van der Waals surface area contributed by atoms with E-state index in [2.05, 4.69) is 17.0 Å². The summed E-state index contributed by atoms with van der Waals surface area (Å²) < 4.78 is 17.2. The van der Waals surface area contributed by atoms with Crippen molar-refractivity contribution in [1.82, 2.24) is 10.1 Å². The summed E-state index contributed by atoms with van der Waals surface area (Å²) in [5.41, 5.74) is 2.21. The minimum absolute atomic E-state index is 0.211. The standard InChI is InChI=1S/C15H24N2O3/c1-4-18-15-13-5-6-14(15)19-8-7-17(13)9-12-10(2)16-20-11(12)3/h13-15H,4-9H2,1-3H3/t13-,14-,15+/m1/s1. The maximum absolute atomic E-state index is 5.96. The molecule has 3 atom stereocenters. The summed E-state index contributed by atoms with van der Waals surface area (Å²) in [4.78, 5) is 2.49. The molecule has 0 amide bonds. The second-order valence-corrected chi connectivity index (χ2v) is 5.75. The van der Waals surface area contributed by atoms with Gasteiger partial charge in [0.15, 0.2) is 0 Å². The van der Waals surface area contributed by atoms with Gasteiger partial charge in [0.25, 0.3) is 0 Å². The predicted octanol–water partition coefficient (Wildman–Crippen LogP) is 2.06. The monoisotopic (exact) mass is 280 g/mol. The lowest BCUT2D eigenvalue weighted by molar-refractivity contribution is -0.0498. The van der Waals surface area contributed by atoms with Gasteiger partial charge in [-0.05, 0) is 33.6 Å². The Labute approximate surface area is 120 Å². The van der Waals surface area contributed by atoms with Crippen molar-refractivity contribution in [3.63, 3.8) is 0 Å². The molecule has 2 fully saturated rings. The van der Waals surface area contributed by atoms with Crippen LogP contribution >= 0.6 is 0 Å².